The van der Waals surface area contributed by atoms with Gasteiger partial charge in [0.15, 0.2) is 0 Å². The molecule has 0 radical (unpaired) electrons. The van der Waals surface area contributed by atoms with Gasteiger partial charge in [0.1, 0.15) is 0 Å². The van der Waals surface area contributed by atoms with Crippen LogP contribution in [0.4, 0.5) is 5.69 Å². The van der Waals surface area contributed by atoms with Gasteiger partial charge in [-0.25, -0.2) is 0 Å². The molecule has 1 aromatic rings. The fourth-order valence-corrected chi connectivity index (χ4v) is 1.27. The molecule has 1 unspecified atom stereocenters. The molecular formula is C12H17ClN2O2. The molecule has 1 amide bonds. The van der Waals surface area contributed by atoms with Crippen molar-refractivity contribution in [2.45, 2.75) is 32.4 Å². The van der Waals surface area contributed by atoms with Crippen molar-refractivity contribution in [1.82, 2.24) is 5.32 Å². The Balaban J connectivity index is 2.87. The molecule has 0 aliphatic heterocycles. The molecule has 0 fully saturated rings. The lowest BCUT2D eigenvalue weighted by Crippen LogP contribution is -2.50. The number of halogens is 1. The van der Waals surface area contributed by atoms with E-state index >= 15 is 0 Å². The second-order valence-corrected chi connectivity index (χ2v) is 5.00. The van der Waals surface area contributed by atoms with Crippen LogP contribution in [-0.2, 0) is 0 Å². The molecule has 0 saturated heterocycles. The summed E-state index contributed by atoms with van der Waals surface area (Å²) in [6.07, 6.45) is -0.656. The van der Waals surface area contributed by atoms with Crippen LogP contribution in [0.25, 0.3) is 0 Å². The van der Waals surface area contributed by atoms with Crippen LogP contribution in [0.3, 0.4) is 0 Å². The lowest BCUT2D eigenvalue weighted by atomic mass is 9.98. The van der Waals surface area contributed by atoms with E-state index in [-0.39, 0.29) is 5.91 Å². The van der Waals surface area contributed by atoms with Crippen molar-refractivity contribution in [1.29, 1.82) is 0 Å². The number of nitrogens with two attached hydrogens (primary N) is 1. The first-order valence-corrected chi connectivity index (χ1v) is 5.67. The molecule has 17 heavy (non-hydrogen) atoms. The van der Waals surface area contributed by atoms with E-state index in [4.69, 9.17) is 17.3 Å². The van der Waals surface area contributed by atoms with E-state index in [1.165, 1.54) is 6.07 Å². The van der Waals surface area contributed by atoms with Gasteiger partial charge in [0.25, 0.3) is 5.91 Å². The van der Waals surface area contributed by atoms with Gasteiger partial charge in [-0.1, -0.05) is 11.6 Å². The Morgan fingerprint density at radius 2 is 2.12 bits per heavy atom. The van der Waals surface area contributed by atoms with Gasteiger partial charge in [-0.15, -0.1) is 0 Å². The normalized spacial score (nSPS) is 13.2. The van der Waals surface area contributed by atoms with Crippen molar-refractivity contribution in [3.05, 3.63) is 28.8 Å². The molecule has 5 heteroatoms. The van der Waals surface area contributed by atoms with E-state index in [1.807, 2.05) is 0 Å². The van der Waals surface area contributed by atoms with Crippen LogP contribution in [0.5, 0.6) is 0 Å². The summed E-state index contributed by atoms with van der Waals surface area (Å²) in [6, 6.07) is 4.67. The highest BCUT2D eigenvalue weighted by Gasteiger charge is 2.26. The number of hydrogen-bond donors (Lipinski definition) is 3. The van der Waals surface area contributed by atoms with Crippen molar-refractivity contribution < 1.29 is 9.90 Å². The Bertz CT molecular complexity index is 431. The highest BCUT2D eigenvalue weighted by atomic mass is 35.5. The molecule has 1 aromatic carbocycles. The number of nitrogen functional groups attached to an aromatic ring is 1. The second kappa shape index (κ2) is 4.94. The number of aliphatic hydroxyl groups is 1. The van der Waals surface area contributed by atoms with Gasteiger partial charge in [0.2, 0.25) is 0 Å². The predicted octanol–water partition coefficient (Wildman–Crippen LogP) is 1.81. The Hall–Kier alpha value is -1.26. The quantitative estimate of drug-likeness (QED) is 0.722. The summed E-state index contributed by atoms with van der Waals surface area (Å²) in [7, 11) is 0. The first kappa shape index (κ1) is 13.8. The lowest BCUT2D eigenvalue weighted by molar-refractivity contribution is 0.0709. The molecule has 4 N–H and O–H groups in total. The van der Waals surface area contributed by atoms with Gasteiger partial charge < -0.3 is 16.2 Å². The third kappa shape index (κ3) is 3.35. The minimum absolute atomic E-state index is 0.292. The molecular weight excluding hydrogens is 240 g/mol. The summed E-state index contributed by atoms with van der Waals surface area (Å²) < 4.78 is 0. The molecule has 0 aliphatic rings. The maximum atomic E-state index is 11.9. The third-order valence-corrected chi connectivity index (χ3v) is 3.08. The van der Waals surface area contributed by atoms with Gasteiger partial charge in [-0.05, 0) is 39.0 Å². The molecule has 94 valence electrons. The third-order valence-electron chi connectivity index (χ3n) is 2.74. The van der Waals surface area contributed by atoms with E-state index in [0.29, 0.717) is 16.3 Å². The number of aliphatic hydroxyl groups excluding tert-OH is 1. The van der Waals surface area contributed by atoms with Crippen LogP contribution in [0.2, 0.25) is 5.02 Å². The molecule has 0 aliphatic carbocycles. The maximum Gasteiger partial charge on any atom is 0.251 e. The Morgan fingerprint density at radius 1 is 1.53 bits per heavy atom. The van der Waals surface area contributed by atoms with Gasteiger partial charge >= 0.3 is 0 Å². The van der Waals surface area contributed by atoms with Gasteiger partial charge in [-0.3, -0.25) is 4.79 Å². The zero-order chi connectivity index (χ0) is 13.2. The van der Waals surface area contributed by atoms with Crippen molar-refractivity contribution in [3.63, 3.8) is 0 Å². The van der Waals surface area contributed by atoms with Gasteiger partial charge in [0, 0.05) is 5.56 Å². The van der Waals surface area contributed by atoms with E-state index in [9.17, 15) is 9.90 Å². The molecule has 0 heterocycles. The molecule has 0 bridgehead atoms. The Labute approximate surface area is 106 Å². The monoisotopic (exact) mass is 256 g/mol. The number of carbonyl (C=O) groups is 1. The minimum atomic E-state index is -0.703. The molecule has 0 spiro atoms. The minimum Gasteiger partial charge on any atom is -0.398 e. The SMILES string of the molecule is CC(O)C(C)(C)NC(=O)c1ccc(Cl)c(N)c1. The standard InChI is InChI=1S/C12H17ClN2O2/c1-7(16)12(2,3)15-11(17)8-4-5-9(13)10(14)6-8/h4-7,16H,14H2,1-3H3,(H,15,17). The summed E-state index contributed by atoms with van der Waals surface area (Å²) in [5.41, 5.74) is 5.69. The average Bonchev–Trinajstić information content (AvgIpc) is 2.21. The maximum absolute atomic E-state index is 11.9. The average molecular weight is 257 g/mol. The Morgan fingerprint density at radius 3 is 2.59 bits per heavy atom. The molecule has 4 nitrogen and oxygen atoms in total. The first-order valence-electron chi connectivity index (χ1n) is 5.29. The van der Waals surface area contributed by atoms with E-state index in [2.05, 4.69) is 5.32 Å². The van der Waals surface area contributed by atoms with Gasteiger partial charge in [0.05, 0.1) is 22.4 Å². The predicted molar refractivity (Wildman–Crippen MR) is 69.1 cm³/mol. The number of nitrogens with one attached hydrogen (secondary N) is 1. The molecule has 0 saturated carbocycles. The molecule has 0 aromatic heterocycles. The van der Waals surface area contributed by atoms with E-state index < -0.39 is 11.6 Å². The highest BCUT2D eigenvalue weighted by Crippen LogP contribution is 2.20. The van der Waals surface area contributed by atoms with Crippen LogP contribution in [0.15, 0.2) is 18.2 Å². The number of carbonyl (C=O) groups excluding carboxylic acids is 1. The fraction of sp³-hybridized carbons (Fsp3) is 0.417. The van der Waals surface area contributed by atoms with Crippen LogP contribution in [0, 0.1) is 0 Å². The second-order valence-electron chi connectivity index (χ2n) is 4.59. The zero-order valence-corrected chi connectivity index (χ0v) is 10.9. The van der Waals surface area contributed by atoms with Crippen LogP contribution >= 0.6 is 11.6 Å². The summed E-state index contributed by atoms with van der Waals surface area (Å²) >= 11 is 5.77. The topological polar surface area (TPSA) is 75.3 Å². The number of hydrogen-bond acceptors (Lipinski definition) is 3. The number of rotatable bonds is 3. The van der Waals surface area contributed by atoms with E-state index in [1.54, 1.807) is 32.9 Å². The fourth-order valence-electron chi connectivity index (χ4n) is 1.15. The number of amides is 1. The smallest absolute Gasteiger partial charge is 0.251 e. The lowest BCUT2D eigenvalue weighted by Gasteiger charge is -2.29. The van der Waals surface area contributed by atoms with Crippen LogP contribution in [0.1, 0.15) is 31.1 Å². The molecule has 1 rings (SSSR count). The van der Waals surface area contributed by atoms with Crippen molar-refractivity contribution >= 4 is 23.2 Å². The summed E-state index contributed by atoms with van der Waals surface area (Å²) in [6.45, 7) is 5.11. The van der Waals surface area contributed by atoms with Crippen LogP contribution < -0.4 is 11.1 Å². The first-order chi connectivity index (χ1) is 7.74. The van der Waals surface area contributed by atoms with Crippen LogP contribution in [-0.4, -0.2) is 22.7 Å². The highest BCUT2D eigenvalue weighted by molar-refractivity contribution is 6.33. The van der Waals surface area contributed by atoms with Crippen molar-refractivity contribution in [2.24, 2.45) is 0 Å². The number of benzene rings is 1. The summed E-state index contributed by atoms with van der Waals surface area (Å²) in [5.74, 6) is -0.292. The van der Waals surface area contributed by atoms with Crippen molar-refractivity contribution in [3.8, 4) is 0 Å². The summed E-state index contributed by atoms with van der Waals surface area (Å²) in [4.78, 5) is 11.9. The van der Waals surface area contributed by atoms with E-state index in [0.717, 1.165) is 0 Å². The Kier molecular flexibility index (Phi) is 4.01. The zero-order valence-electron chi connectivity index (χ0n) is 10.1. The van der Waals surface area contributed by atoms with Gasteiger partial charge in [-0.2, -0.15) is 0 Å². The summed E-state index contributed by atoms with van der Waals surface area (Å²) in [5, 5.41) is 12.7. The van der Waals surface area contributed by atoms with Crippen molar-refractivity contribution in [2.75, 3.05) is 5.73 Å². The number of anilines is 1. The molecule has 1 atom stereocenters. The largest absolute Gasteiger partial charge is 0.398 e.